The van der Waals surface area contributed by atoms with Crippen LogP contribution in [0.25, 0.3) is 0 Å². The lowest BCUT2D eigenvalue weighted by Crippen LogP contribution is -2.54. The first kappa shape index (κ1) is 19.3. The Morgan fingerprint density at radius 3 is 2.67 bits per heavy atom. The number of imide groups is 1. The fourth-order valence-corrected chi connectivity index (χ4v) is 4.16. The summed E-state index contributed by atoms with van der Waals surface area (Å²) >= 11 is 0. The number of amides is 3. The van der Waals surface area contributed by atoms with Crippen molar-refractivity contribution in [3.63, 3.8) is 0 Å². The fourth-order valence-electron chi connectivity index (χ4n) is 3.02. The number of sulfonamides is 1. The third-order valence-corrected chi connectivity index (χ3v) is 5.98. The van der Waals surface area contributed by atoms with E-state index >= 15 is 0 Å². The molecule has 0 radical (unpaired) electrons. The number of hydrogen-bond acceptors (Lipinski definition) is 6. The minimum absolute atomic E-state index is 0.00715. The molecule has 0 aliphatic carbocycles. The number of cyclic esters (lactones) is 1. The van der Waals surface area contributed by atoms with Crippen molar-refractivity contribution < 1.29 is 27.5 Å². The normalized spacial score (nSPS) is 17.8. The van der Waals surface area contributed by atoms with Crippen LogP contribution in [-0.4, -0.2) is 68.9 Å². The van der Waals surface area contributed by atoms with Gasteiger partial charge in [0.25, 0.3) is 5.91 Å². The summed E-state index contributed by atoms with van der Waals surface area (Å²) < 4.78 is 31.5. The third kappa shape index (κ3) is 4.45. The van der Waals surface area contributed by atoms with Gasteiger partial charge in [0.1, 0.15) is 0 Å². The van der Waals surface area contributed by atoms with E-state index in [9.17, 15) is 22.8 Å². The van der Waals surface area contributed by atoms with Crippen LogP contribution < -0.4 is 4.72 Å². The van der Waals surface area contributed by atoms with E-state index in [1.807, 2.05) is 0 Å². The highest BCUT2D eigenvalue weighted by Crippen LogP contribution is 2.20. The quantitative estimate of drug-likeness (QED) is 0.701. The lowest BCUT2D eigenvalue weighted by Gasteiger charge is -2.40. The van der Waals surface area contributed by atoms with E-state index in [0.29, 0.717) is 13.1 Å². The minimum Gasteiger partial charge on any atom is -0.439 e. The van der Waals surface area contributed by atoms with E-state index < -0.39 is 16.1 Å². The van der Waals surface area contributed by atoms with E-state index in [1.165, 1.54) is 6.07 Å². The highest BCUT2D eigenvalue weighted by atomic mass is 32.2. The van der Waals surface area contributed by atoms with Gasteiger partial charge in [0.05, 0.1) is 4.90 Å². The maximum atomic E-state index is 12.2. The van der Waals surface area contributed by atoms with E-state index in [2.05, 4.69) is 9.46 Å². The molecule has 27 heavy (non-hydrogen) atoms. The van der Waals surface area contributed by atoms with Crippen LogP contribution in [0.4, 0.5) is 4.79 Å². The first-order valence-electron chi connectivity index (χ1n) is 8.57. The first-order chi connectivity index (χ1) is 12.8. The van der Waals surface area contributed by atoms with Gasteiger partial charge in [0, 0.05) is 38.5 Å². The number of carbonyl (C=O) groups excluding carboxylic acids is 3. The van der Waals surface area contributed by atoms with Gasteiger partial charge < -0.3 is 9.64 Å². The molecule has 10 heteroatoms. The summed E-state index contributed by atoms with van der Waals surface area (Å²) in [7, 11) is -3.65. The molecular weight excluding hydrogens is 374 g/mol. The summed E-state index contributed by atoms with van der Waals surface area (Å²) in [5.41, 5.74) is 0.834. The molecule has 0 spiro atoms. The second-order valence-electron chi connectivity index (χ2n) is 6.69. The number of likely N-dealkylation sites (tertiary alicyclic amines) is 1. The standard InChI is InChI=1S/C17H21N3O6S/c1-12-3-2-4-14(7-12)27(24,25)18-6-5-15(21)19-8-13(9-19)10-20-16(22)11-26-17(20)23/h2-4,7,13,18H,5-6,8-11H2,1H3. The molecule has 2 aliphatic heterocycles. The molecule has 2 heterocycles. The van der Waals surface area contributed by atoms with Crippen LogP contribution in [-0.2, 0) is 24.3 Å². The van der Waals surface area contributed by atoms with Crippen molar-refractivity contribution in [2.45, 2.75) is 18.2 Å². The number of benzene rings is 1. The number of nitrogens with one attached hydrogen (secondary N) is 1. The highest BCUT2D eigenvalue weighted by Gasteiger charge is 2.38. The van der Waals surface area contributed by atoms with E-state index in [1.54, 1.807) is 30.0 Å². The van der Waals surface area contributed by atoms with Gasteiger partial charge in [-0.2, -0.15) is 0 Å². The van der Waals surface area contributed by atoms with Crippen molar-refractivity contribution in [2.24, 2.45) is 5.92 Å². The van der Waals surface area contributed by atoms with Crippen LogP contribution in [0.3, 0.4) is 0 Å². The van der Waals surface area contributed by atoms with Crippen LogP contribution in [0, 0.1) is 12.8 Å². The summed E-state index contributed by atoms with van der Waals surface area (Å²) in [6.45, 7) is 2.68. The number of hydrogen-bond donors (Lipinski definition) is 1. The molecule has 0 bridgehead atoms. The van der Waals surface area contributed by atoms with Gasteiger partial charge in [-0.3, -0.25) is 9.59 Å². The predicted octanol–water partition coefficient (Wildman–Crippen LogP) is 0.101. The van der Waals surface area contributed by atoms with Crippen molar-refractivity contribution in [3.8, 4) is 0 Å². The molecule has 0 unspecified atom stereocenters. The van der Waals surface area contributed by atoms with Gasteiger partial charge in [-0.15, -0.1) is 0 Å². The van der Waals surface area contributed by atoms with Gasteiger partial charge in [-0.05, 0) is 24.6 Å². The summed E-state index contributed by atoms with van der Waals surface area (Å²) in [4.78, 5) is 37.8. The molecule has 2 saturated heterocycles. The van der Waals surface area contributed by atoms with Gasteiger partial charge in [-0.1, -0.05) is 12.1 Å². The maximum Gasteiger partial charge on any atom is 0.417 e. The largest absolute Gasteiger partial charge is 0.439 e. The van der Waals surface area contributed by atoms with E-state index in [0.717, 1.165) is 10.5 Å². The number of ether oxygens (including phenoxy) is 1. The summed E-state index contributed by atoms with van der Waals surface area (Å²) in [5, 5.41) is 0. The minimum atomic E-state index is -3.65. The average molecular weight is 395 g/mol. The monoisotopic (exact) mass is 395 g/mol. The van der Waals surface area contributed by atoms with Crippen molar-refractivity contribution in [1.29, 1.82) is 0 Å². The maximum absolute atomic E-state index is 12.2. The topological polar surface area (TPSA) is 113 Å². The van der Waals surface area contributed by atoms with E-state index in [-0.39, 0.29) is 48.7 Å². The first-order valence-corrected chi connectivity index (χ1v) is 10.1. The van der Waals surface area contributed by atoms with Gasteiger partial charge in [0.15, 0.2) is 6.61 Å². The smallest absolute Gasteiger partial charge is 0.417 e. The third-order valence-electron chi connectivity index (χ3n) is 4.52. The summed E-state index contributed by atoms with van der Waals surface area (Å²) in [6, 6.07) is 6.53. The Bertz CT molecular complexity index is 847. The molecule has 2 fully saturated rings. The molecule has 1 N–H and O–H groups in total. The Balaban J connectivity index is 1.41. The Morgan fingerprint density at radius 2 is 2.04 bits per heavy atom. The number of aryl methyl sites for hydroxylation is 1. The lowest BCUT2D eigenvalue weighted by atomic mass is 9.99. The predicted molar refractivity (Wildman–Crippen MR) is 94.1 cm³/mol. The summed E-state index contributed by atoms with van der Waals surface area (Å²) in [5.74, 6) is -0.517. The number of rotatable bonds is 7. The zero-order valence-corrected chi connectivity index (χ0v) is 15.7. The van der Waals surface area contributed by atoms with Crippen molar-refractivity contribution in [1.82, 2.24) is 14.5 Å². The molecule has 3 rings (SSSR count). The van der Waals surface area contributed by atoms with Crippen LogP contribution in [0.15, 0.2) is 29.2 Å². The Kier molecular flexibility index (Phi) is 5.47. The van der Waals surface area contributed by atoms with Gasteiger partial charge in [0.2, 0.25) is 15.9 Å². The van der Waals surface area contributed by atoms with Crippen molar-refractivity contribution in [3.05, 3.63) is 29.8 Å². The molecule has 0 aromatic heterocycles. The van der Waals surface area contributed by atoms with Crippen LogP contribution in [0.1, 0.15) is 12.0 Å². The average Bonchev–Trinajstić information content (AvgIpc) is 2.88. The van der Waals surface area contributed by atoms with Gasteiger partial charge in [-0.25, -0.2) is 22.8 Å². The SMILES string of the molecule is Cc1cccc(S(=O)(=O)NCCC(=O)N2CC(CN3C(=O)COC3=O)C2)c1. The molecule has 2 aliphatic rings. The second-order valence-corrected chi connectivity index (χ2v) is 8.45. The van der Waals surface area contributed by atoms with Crippen molar-refractivity contribution in [2.75, 3.05) is 32.8 Å². The van der Waals surface area contributed by atoms with Crippen molar-refractivity contribution >= 4 is 27.9 Å². The Labute approximate surface area is 157 Å². The highest BCUT2D eigenvalue weighted by molar-refractivity contribution is 7.89. The molecule has 3 amide bonds. The zero-order valence-electron chi connectivity index (χ0n) is 14.9. The Hall–Kier alpha value is -2.46. The number of carbonyl (C=O) groups is 3. The van der Waals surface area contributed by atoms with Crippen LogP contribution in [0.5, 0.6) is 0 Å². The van der Waals surface area contributed by atoms with Gasteiger partial charge >= 0.3 is 6.09 Å². The summed E-state index contributed by atoms with van der Waals surface area (Å²) in [6.07, 6.45) is -0.599. The van der Waals surface area contributed by atoms with E-state index in [4.69, 9.17) is 0 Å². The molecule has 9 nitrogen and oxygen atoms in total. The second kappa shape index (κ2) is 7.65. The molecule has 0 saturated carbocycles. The fraction of sp³-hybridized carbons (Fsp3) is 0.471. The molecule has 0 atom stereocenters. The van der Waals surface area contributed by atoms with Crippen LogP contribution >= 0.6 is 0 Å². The molecular formula is C17H21N3O6S. The molecule has 1 aromatic rings. The molecule has 146 valence electrons. The Morgan fingerprint density at radius 1 is 1.30 bits per heavy atom. The lowest BCUT2D eigenvalue weighted by molar-refractivity contribution is -0.138. The zero-order chi connectivity index (χ0) is 19.6. The molecule has 1 aromatic carbocycles. The van der Waals surface area contributed by atoms with Crippen LogP contribution in [0.2, 0.25) is 0 Å². The number of nitrogens with zero attached hydrogens (tertiary/aromatic N) is 2.